The summed E-state index contributed by atoms with van der Waals surface area (Å²) in [5.41, 5.74) is 2.97. The smallest absolute Gasteiger partial charge is 0.380 e. The zero-order chi connectivity index (χ0) is 19.1. The Morgan fingerprint density at radius 1 is 1.15 bits per heavy atom. The van der Waals surface area contributed by atoms with E-state index in [1.165, 1.54) is 25.7 Å². The molecule has 0 amide bonds. The fraction of sp³-hybridized carbons (Fsp3) is 0.650. The third-order valence-corrected chi connectivity index (χ3v) is 6.58. The lowest BCUT2D eigenvalue weighted by Gasteiger charge is -2.28. The Kier molecular flexibility index (Phi) is 5.42. The Morgan fingerprint density at radius 3 is 2.42 bits per heavy atom. The Bertz CT molecular complexity index is 739. The summed E-state index contributed by atoms with van der Waals surface area (Å²) in [4.78, 5) is 31.9. The molecule has 1 aliphatic heterocycles. The van der Waals surface area contributed by atoms with E-state index in [1.54, 1.807) is 20.8 Å². The van der Waals surface area contributed by atoms with Crippen LogP contribution in [-0.2, 0) is 9.53 Å². The Labute approximate surface area is 163 Å². The van der Waals surface area contributed by atoms with Gasteiger partial charge in [0, 0.05) is 13.1 Å². The molecule has 1 spiro atoms. The van der Waals surface area contributed by atoms with Crippen LogP contribution in [0.3, 0.4) is 0 Å². The Morgan fingerprint density at radius 2 is 1.81 bits per heavy atom. The van der Waals surface area contributed by atoms with E-state index >= 15 is 0 Å². The van der Waals surface area contributed by atoms with Crippen LogP contribution in [-0.4, -0.2) is 35.9 Å². The van der Waals surface area contributed by atoms with E-state index in [-0.39, 0.29) is 6.10 Å². The van der Waals surface area contributed by atoms with Gasteiger partial charge < -0.3 is 9.64 Å². The molecule has 0 unspecified atom stereocenters. The second kappa shape index (κ2) is 7.29. The number of hydrogen-bond acceptors (Lipinski definition) is 5. The third kappa shape index (κ3) is 3.53. The van der Waals surface area contributed by atoms with Gasteiger partial charge in [0.15, 0.2) is 0 Å². The molecule has 5 nitrogen and oxygen atoms in total. The van der Waals surface area contributed by atoms with E-state index in [9.17, 15) is 9.59 Å². The van der Waals surface area contributed by atoms with Gasteiger partial charge in [-0.2, -0.15) is 0 Å². The quantitative estimate of drug-likeness (QED) is 0.409. The number of aromatic nitrogens is 1. The molecule has 0 radical (unpaired) electrons. The number of Topliss-reactive ketones (excluding diaryl/α,β-unsaturated/α-hetero) is 1. The van der Waals surface area contributed by atoms with Gasteiger partial charge in [-0.15, -0.1) is 0 Å². The molecular weight excluding hydrogens is 396 g/mol. The number of nitrogens with zero attached hydrogens (tertiary/aromatic N) is 2. The number of anilines is 1. The maximum absolute atomic E-state index is 12.9. The summed E-state index contributed by atoms with van der Waals surface area (Å²) in [6, 6.07) is 0. The van der Waals surface area contributed by atoms with Crippen LogP contribution < -0.4 is 4.90 Å². The average molecular weight is 423 g/mol. The minimum atomic E-state index is -0.809. The van der Waals surface area contributed by atoms with Gasteiger partial charge in [-0.3, -0.25) is 9.78 Å². The Hall–Kier alpha value is -1.43. The van der Waals surface area contributed by atoms with E-state index < -0.39 is 11.8 Å². The molecule has 0 bridgehead atoms. The van der Waals surface area contributed by atoms with E-state index in [1.807, 2.05) is 6.92 Å². The van der Waals surface area contributed by atoms with Crippen molar-refractivity contribution < 1.29 is 14.3 Å². The van der Waals surface area contributed by atoms with Crippen molar-refractivity contribution >= 4 is 33.4 Å². The average Bonchev–Trinajstić information content (AvgIpc) is 3.19. The summed E-state index contributed by atoms with van der Waals surface area (Å²) in [5, 5.41) is 0. The SMILES string of the molecule is Cc1nc(C)c(C(=O)C(=O)OC(C)C)c(N2CCC3(CCCC3)C2)c1Br. The molecule has 2 heterocycles. The molecule has 2 aliphatic rings. The van der Waals surface area contributed by atoms with Crippen LogP contribution in [0.5, 0.6) is 0 Å². The normalized spacial score (nSPS) is 18.8. The van der Waals surface area contributed by atoms with Gasteiger partial charge in [0.1, 0.15) is 0 Å². The molecule has 2 fully saturated rings. The molecule has 1 saturated carbocycles. The molecule has 6 heteroatoms. The van der Waals surface area contributed by atoms with Crippen molar-refractivity contribution in [3.05, 3.63) is 21.4 Å². The summed E-state index contributed by atoms with van der Waals surface area (Å²) < 4.78 is 5.96. The number of esters is 1. The van der Waals surface area contributed by atoms with E-state index in [2.05, 4.69) is 25.8 Å². The van der Waals surface area contributed by atoms with Gasteiger partial charge in [-0.1, -0.05) is 12.8 Å². The molecule has 1 aromatic rings. The first-order valence-electron chi connectivity index (χ1n) is 9.41. The molecule has 1 aromatic heterocycles. The molecule has 3 rings (SSSR count). The molecule has 0 N–H and O–H groups in total. The minimum Gasteiger partial charge on any atom is -0.457 e. The van der Waals surface area contributed by atoms with Crippen molar-refractivity contribution in [3.63, 3.8) is 0 Å². The summed E-state index contributed by atoms with van der Waals surface area (Å²) >= 11 is 3.63. The highest BCUT2D eigenvalue weighted by Gasteiger charge is 2.42. The third-order valence-electron chi connectivity index (χ3n) is 5.63. The van der Waals surface area contributed by atoms with E-state index in [0.717, 1.165) is 35.4 Å². The number of carbonyl (C=O) groups is 2. The predicted molar refractivity (Wildman–Crippen MR) is 105 cm³/mol. The lowest BCUT2D eigenvalue weighted by atomic mass is 9.86. The monoisotopic (exact) mass is 422 g/mol. The van der Waals surface area contributed by atoms with Crippen molar-refractivity contribution in [2.75, 3.05) is 18.0 Å². The second-order valence-electron chi connectivity index (χ2n) is 7.98. The zero-order valence-corrected chi connectivity index (χ0v) is 17.6. The van der Waals surface area contributed by atoms with Crippen LogP contribution in [0.1, 0.15) is 67.7 Å². The van der Waals surface area contributed by atoms with Gasteiger partial charge >= 0.3 is 5.97 Å². The van der Waals surface area contributed by atoms with Crippen LogP contribution >= 0.6 is 15.9 Å². The highest BCUT2D eigenvalue weighted by Crippen LogP contribution is 2.48. The van der Waals surface area contributed by atoms with Crippen molar-refractivity contribution in [2.24, 2.45) is 5.41 Å². The molecular formula is C20H27BrN2O3. The second-order valence-corrected chi connectivity index (χ2v) is 8.78. The van der Waals surface area contributed by atoms with Crippen LogP contribution in [0.2, 0.25) is 0 Å². The number of halogens is 1. The summed E-state index contributed by atoms with van der Waals surface area (Å²) in [6.07, 6.45) is 5.90. The lowest BCUT2D eigenvalue weighted by Crippen LogP contribution is -2.30. The van der Waals surface area contributed by atoms with Crippen LogP contribution in [0.15, 0.2) is 4.47 Å². The Balaban J connectivity index is 2.01. The van der Waals surface area contributed by atoms with Crippen molar-refractivity contribution in [1.29, 1.82) is 0 Å². The minimum absolute atomic E-state index is 0.328. The van der Waals surface area contributed by atoms with Gasteiger partial charge in [-0.25, -0.2) is 4.79 Å². The number of aryl methyl sites for hydroxylation is 2. The number of ketones is 1. The van der Waals surface area contributed by atoms with Gasteiger partial charge in [0.2, 0.25) is 0 Å². The lowest BCUT2D eigenvalue weighted by molar-refractivity contribution is -0.141. The summed E-state index contributed by atoms with van der Waals surface area (Å²) in [5.74, 6) is -1.41. The van der Waals surface area contributed by atoms with E-state index in [0.29, 0.717) is 16.7 Å². The van der Waals surface area contributed by atoms with Crippen molar-refractivity contribution in [2.45, 2.75) is 65.9 Å². The highest BCUT2D eigenvalue weighted by atomic mass is 79.9. The van der Waals surface area contributed by atoms with Crippen LogP contribution in [0, 0.1) is 19.3 Å². The number of rotatable bonds is 4. The number of pyridine rings is 1. The number of carbonyl (C=O) groups excluding carboxylic acids is 2. The fourth-order valence-electron chi connectivity index (χ4n) is 4.41. The van der Waals surface area contributed by atoms with Crippen LogP contribution in [0.4, 0.5) is 5.69 Å². The largest absolute Gasteiger partial charge is 0.457 e. The van der Waals surface area contributed by atoms with Gasteiger partial charge in [-0.05, 0) is 68.3 Å². The summed E-state index contributed by atoms with van der Waals surface area (Å²) in [6.45, 7) is 9.04. The number of hydrogen-bond donors (Lipinski definition) is 0. The van der Waals surface area contributed by atoms with Gasteiger partial charge in [0.25, 0.3) is 5.78 Å². The van der Waals surface area contributed by atoms with E-state index in [4.69, 9.17) is 4.74 Å². The molecule has 1 saturated heterocycles. The van der Waals surface area contributed by atoms with Crippen LogP contribution in [0.25, 0.3) is 0 Å². The van der Waals surface area contributed by atoms with Crippen molar-refractivity contribution in [3.8, 4) is 0 Å². The predicted octanol–water partition coefficient (Wildman–Crippen LogP) is 4.37. The zero-order valence-electron chi connectivity index (χ0n) is 16.0. The highest BCUT2D eigenvalue weighted by molar-refractivity contribution is 9.10. The fourth-order valence-corrected chi connectivity index (χ4v) is 4.94. The maximum Gasteiger partial charge on any atom is 0.380 e. The number of ether oxygens (including phenoxy) is 1. The van der Waals surface area contributed by atoms with Gasteiger partial charge in [0.05, 0.1) is 33.2 Å². The first-order valence-corrected chi connectivity index (χ1v) is 10.2. The van der Waals surface area contributed by atoms with Crippen molar-refractivity contribution in [1.82, 2.24) is 4.98 Å². The standard InChI is InChI=1S/C20H27BrN2O3/c1-12(2)26-19(25)18(24)15-13(3)22-14(4)16(21)17(15)23-10-9-20(11-23)7-5-6-8-20/h12H,5-11H2,1-4H3. The summed E-state index contributed by atoms with van der Waals surface area (Å²) in [7, 11) is 0. The molecule has 0 atom stereocenters. The molecule has 26 heavy (non-hydrogen) atoms. The maximum atomic E-state index is 12.9. The topological polar surface area (TPSA) is 59.5 Å². The molecule has 0 aromatic carbocycles. The molecule has 142 valence electrons. The first-order chi connectivity index (χ1) is 12.2. The first kappa shape index (κ1) is 19.3. The molecule has 1 aliphatic carbocycles.